The summed E-state index contributed by atoms with van der Waals surface area (Å²) in [5.41, 5.74) is 0.597. The summed E-state index contributed by atoms with van der Waals surface area (Å²) in [5.74, 6) is -0.610. The zero-order chi connectivity index (χ0) is 18.4. The molecule has 6 atom stereocenters. The number of aliphatic hydroxyl groups excluding tert-OH is 1. The van der Waals surface area contributed by atoms with E-state index in [4.69, 9.17) is 18.9 Å². The first-order chi connectivity index (χ1) is 12.3. The summed E-state index contributed by atoms with van der Waals surface area (Å²) in [6.45, 7) is 6.36. The van der Waals surface area contributed by atoms with Crippen molar-refractivity contribution in [1.82, 2.24) is 0 Å². The van der Waals surface area contributed by atoms with Crippen LogP contribution in [0.1, 0.15) is 39.2 Å². The van der Waals surface area contributed by atoms with Crippen LogP contribution in [0.5, 0.6) is 0 Å². The molecule has 4 rings (SSSR count). The van der Waals surface area contributed by atoms with Crippen LogP contribution in [0.3, 0.4) is 0 Å². The Bertz CT molecular complexity index is 658. The van der Waals surface area contributed by atoms with Gasteiger partial charge in [0.1, 0.15) is 11.7 Å². The van der Waals surface area contributed by atoms with Gasteiger partial charge in [-0.2, -0.15) is 0 Å². The van der Waals surface area contributed by atoms with E-state index in [1.165, 1.54) is 0 Å². The second-order valence-corrected chi connectivity index (χ2v) is 8.21. The van der Waals surface area contributed by atoms with Crippen LogP contribution in [0.15, 0.2) is 36.4 Å². The largest absolute Gasteiger partial charge is 0.390 e. The summed E-state index contributed by atoms with van der Waals surface area (Å²) in [4.78, 5) is 0. The molecule has 0 bridgehead atoms. The third-order valence-corrected chi connectivity index (χ3v) is 5.56. The Morgan fingerprint density at radius 3 is 2.58 bits per heavy atom. The molecule has 1 aromatic carbocycles. The highest BCUT2D eigenvalue weighted by atomic mass is 16.7. The van der Waals surface area contributed by atoms with E-state index in [-0.39, 0.29) is 24.4 Å². The lowest BCUT2D eigenvalue weighted by Gasteiger charge is -2.55. The van der Waals surface area contributed by atoms with Crippen LogP contribution in [-0.2, 0) is 18.9 Å². The standard InChI is InChI=1S/C21H28O5/c1-20(2)23-13-21(3)19(26-20)12-17-18(25-21)11-15(22)16(24-17)10-9-14-7-5-4-6-8-14/h4-10,15-19,22H,11-13H2,1-3H3/b10-9+/t15-,16+,17-,18+,19+,21-/m0/s1. The molecule has 0 unspecified atom stereocenters. The maximum Gasteiger partial charge on any atom is 0.163 e. The lowest BCUT2D eigenvalue weighted by Crippen LogP contribution is -2.66. The molecular weight excluding hydrogens is 332 g/mol. The molecule has 0 amide bonds. The SMILES string of the molecule is CC1(C)OC[C@]2(C)O[C@@H]3C[C@H](O)[C@@H](/C=C/c4ccccc4)O[C@H]3C[C@H]2O1. The van der Waals surface area contributed by atoms with Crippen LogP contribution in [0.4, 0.5) is 0 Å². The minimum absolute atomic E-state index is 0.0819. The molecule has 5 heteroatoms. The fraction of sp³-hybridized carbons (Fsp3) is 0.619. The van der Waals surface area contributed by atoms with Gasteiger partial charge < -0.3 is 24.1 Å². The molecule has 1 N–H and O–H groups in total. The maximum absolute atomic E-state index is 10.5. The van der Waals surface area contributed by atoms with Crippen LogP contribution < -0.4 is 0 Å². The summed E-state index contributed by atoms with van der Waals surface area (Å²) >= 11 is 0. The molecule has 3 heterocycles. The maximum atomic E-state index is 10.5. The smallest absolute Gasteiger partial charge is 0.163 e. The highest BCUT2D eigenvalue weighted by molar-refractivity contribution is 5.49. The Kier molecular flexibility index (Phi) is 4.70. The van der Waals surface area contributed by atoms with Crippen molar-refractivity contribution < 1.29 is 24.1 Å². The fourth-order valence-corrected chi connectivity index (χ4v) is 4.05. The van der Waals surface area contributed by atoms with Crippen LogP contribution in [-0.4, -0.2) is 53.6 Å². The molecule has 26 heavy (non-hydrogen) atoms. The summed E-state index contributed by atoms with van der Waals surface area (Å²) in [6.07, 6.45) is 4.01. The van der Waals surface area contributed by atoms with Crippen molar-refractivity contribution in [1.29, 1.82) is 0 Å². The van der Waals surface area contributed by atoms with E-state index < -0.39 is 17.5 Å². The molecule has 0 spiro atoms. The molecule has 5 nitrogen and oxygen atoms in total. The molecule has 3 saturated heterocycles. The summed E-state index contributed by atoms with van der Waals surface area (Å²) in [7, 11) is 0. The van der Waals surface area contributed by atoms with Gasteiger partial charge in [0.25, 0.3) is 0 Å². The second-order valence-electron chi connectivity index (χ2n) is 8.21. The Hall–Kier alpha value is -1.24. The molecule has 0 saturated carbocycles. The number of hydrogen-bond donors (Lipinski definition) is 1. The zero-order valence-electron chi connectivity index (χ0n) is 15.6. The number of benzene rings is 1. The lowest BCUT2D eigenvalue weighted by atomic mass is 9.84. The average molecular weight is 360 g/mol. The Morgan fingerprint density at radius 2 is 1.81 bits per heavy atom. The van der Waals surface area contributed by atoms with Crippen molar-refractivity contribution in [3.63, 3.8) is 0 Å². The fourth-order valence-electron chi connectivity index (χ4n) is 4.05. The van der Waals surface area contributed by atoms with E-state index in [0.717, 1.165) is 12.0 Å². The van der Waals surface area contributed by atoms with Gasteiger partial charge in [-0.15, -0.1) is 0 Å². The van der Waals surface area contributed by atoms with Gasteiger partial charge in [0.05, 0.1) is 31.0 Å². The molecule has 0 aliphatic carbocycles. The first-order valence-corrected chi connectivity index (χ1v) is 9.41. The van der Waals surface area contributed by atoms with Gasteiger partial charge in [-0.1, -0.05) is 42.5 Å². The molecule has 1 aromatic rings. The Morgan fingerprint density at radius 1 is 1.04 bits per heavy atom. The number of rotatable bonds is 2. The van der Waals surface area contributed by atoms with Crippen molar-refractivity contribution in [3.05, 3.63) is 42.0 Å². The second kappa shape index (κ2) is 6.73. The summed E-state index contributed by atoms with van der Waals surface area (Å²) in [6, 6.07) is 10.0. The first-order valence-electron chi connectivity index (χ1n) is 9.41. The van der Waals surface area contributed by atoms with Crippen LogP contribution in [0.25, 0.3) is 6.08 Å². The molecule has 142 valence electrons. The molecule has 3 fully saturated rings. The van der Waals surface area contributed by atoms with E-state index in [0.29, 0.717) is 13.0 Å². The van der Waals surface area contributed by atoms with Crippen molar-refractivity contribution in [2.75, 3.05) is 6.61 Å². The van der Waals surface area contributed by atoms with E-state index in [9.17, 15) is 5.11 Å². The predicted molar refractivity (Wildman–Crippen MR) is 97.6 cm³/mol. The van der Waals surface area contributed by atoms with Gasteiger partial charge in [0, 0.05) is 12.8 Å². The van der Waals surface area contributed by atoms with E-state index in [1.54, 1.807) is 0 Å². The Balaban J connectivity index is 1.46. The van der Waals surface area contributed by atoms with Gasteiger partial charge in [-0.05, 0) is 26.3 Å². The van der Waals surface area contributed by atoms with E-state index in [1.807, 2.05) is 63.3 Å². The highest BCUT2D eigenvalue weighted by Gasteiger charge is 2.54. The quantitative estimate of drug-likeness (QED) is 0.879. The first kappa shape index (κ1) is 18.1. The minimum Gasteiger partial charge on any atom is -0.390 e. The monoisotopic (exact) mass is 360 g/mol. The number of ether oxygens (including phenoxy) is 4. The van der Waals surface area contributed by atoms with Gasteiger partial charge in [0.2, 0.25) is 0 Å². The van der Waals surface area contributed by atoms with E-state index in [2.05, 4.69) is 0 Å². The van der Waals surface area contributed by atoms with Crippen molar-refractivity contribution in [2.45, 2.75) is 75.5 Å². The molecule has 3 aliphatic heterocycles. The van der Waals surface area contributed by atoms with Gasteiger partial charge >= 0.3 is 0 Å². The third kappa shape index (κ3) is 3.59. The van der Waals surface area contributed by atoms with Crippen LogP contribution >= 0.6 is 0 Å². The number of fused-ring (bicyclic) bond motifs is 2. The lowest BCUT2D eigenvalue weighted by molar-refractivity contribution is -0.376. The normalized spacial score (nSPS) is 42.2. The van der Waals surface area contributed by atoms with Gasteiger partial charge in [0.15, 0.2) is 5.79 Å². The predicted octanol–water partition coefficient (Wildman–Crippen LogP) is 2.92. The molecule has 0 radical (unpaired) electrons. The zero-order valence-corrected chi connectivity index (χ0v) is 15.6. The number of hydrogen-bond acceptors (Lipinski definition) is 5. The minimum atomic E-state index is -0.610. The topological polar surface area (TPSA) is 57.2 Å². The van der Waals surface area contributed by atoms with Crippen molar-refractivity contribution in [2.24, 2.45) is 0 Å². The van der Waals surface area contributed by atoms with Crippen LogP contribution in [0.2, 0.25) is 0 Å². The van der Waals surface area contributed by atoms with Gasteiger partial charge in [-0.25, -0.2) is 0 Å². The summed E-state index contributed by atoms with van der Waals surface area (Å²) in [5, 5.41) is 10.5. The van der Waals surface area contributed by atoms with Crippen molar-refractivity contribution >= 4 is 6.08 Å². The third-order valence-electron chi connectivity index (χ3n) is 5.56. The van der Waals surface area contributed by atoms with Crippen molar-refractivity contribution in [3.8, 4) is 0 Å². The molecular formula is C21H28O5. The van der Waals surface area contributed by atoms with Gasteiger partial charge in [-0.3, -0.25) is 0 Å². The average Bonchev–Trinajstić information content (AvgIpc) is 2.60. The molecule has 0 aromatic heterocycles. The van der Waals surface area contributed by atoms with E-state index >= 15 is 0 Å². The molecule has 3 aliphatic rings. The summed E-state index contributed by atoms with van der Waals surface area (Å²) < 4.78 is 24.4. The highest BCUT2D eigenvalue weighted by Crippen LogP contribution is 2.42. The number of aliphatic hydroxyl groups is 1. The van der Waals surface area contributed by atoms with Crippen LogP contribution in [0, 0.1) is 0 Å². The Labute approximate surface area is 154 Å².